The largest absolute Gasteiger partial charge is 0.348 e. The van der Waals surface area contributed by atoms with Crippen LogP contribution in [0.1, 0.15) is 17.2 Å². The van der Waals surface area contributed by atoms with Crippen LogP contribution in [0.5, 0.6) is 0 Å². The number of hydrogen-bond donors (Lipinski definition) is 1. The first-order valence-corrected chi connectivity index (χ1v) is 7.89. The highest BCUT2D eigenvalue weighted by atomic mass is 35.5. The molecule has 0 spiro atoms. The average Bonchev–Trinajstić information content (AvgIpc) is 2.97. The van der Waals surface area contributed by atoms with Crippen LogP contribution in [0.3, 0.4) is 0 Å². The molecule has 1 atom stereocenters. The van der Waals surface area contributed by atoms with Crippen molar-refractivity contribution in [3.05, 3.63) is 69.7 Å². The van der Waals surface area contributed by atoms with Crippen molar-refractivity contribution in [1.29, 1.82) is 0 Å². The average molecular weight is 334 g/mol. The van der Waals surface area contributed by atoms with Crippen LogP contribution in [-0.2, 0) is 6.54 Å². The minimum absolute atomic E-state index is 0.238. The number of nitrogens with one attached hydrogen (secondary N) is 1. The molecular weight excluding hydrogens is 317 g/mol. The highest BCUT2D eigenvalue weighted by Crippen LogP contribution is 2.21. The smallest absolute Gasteiger partial charge is 0.194 e. The SMILES string of the molecule is CN(Cc1cc(Cl)cc(Cl)c1)C1=NCC(c2ccccc2)N1. The molecular formula is C17H17Cl2N3. The van der Waals surface area contributed by atoms with Gasteiger partial charge in [0.1, 0.15) is 0 Å². The summed E-state index contributed by atoms with van der Waals surface area (Å²) in [7, 11) is 2.01. The summed E-state index contributed by atoms with van der Waals surface area (Å²) in [6, 6.07) is 16.2. The van der Waals surface area contributed by atoms with Gasteiger partial charge in [0.15, 0.2) is 5.96 Å². The lowest BCUT2D eigenvalue weighted by Gasteiger charge is -2.21. The molecule has 1 heterocycles. The van der Waals surface area contributed by atoms with Gasteiger partial charge in [-0.2, -0.15) is 0 Å². The monoisotopic (exact) mass is 333 g/mol. The molecule has 1 aliphatic heterocycles. The first kappa shape index (κ1) is 15.2. The molecule has 0 fully saturated rings. The summed E-state index contributed by atoms with van der Waals surface area (Å²) in [5.41, 5.74) is 2.31. The molecule has 1 unspecified atom stereocenters. The van der Waals surface area contributed by atoms with Crippen molar-refractivity contribution in [3.63, 3.8) is 0 Å². The molecule has 114 valence electrons. The second-order valence-electron chi connectivity index (χ2n) is 5.41. The summed E-state index contributed by atoms with van der Waals surface area (Å²) in [5.74, 6) is 0.893. The molecule has 22 heavy (non-hydrogen) atoms. The normalized spacial score (nSPS) is 17.0. The van der Waals surface area contributed by atoms with Gasteiger partial charge in [-0.1, -0.05) is 53.5 Å². The number of guanidine groups is 1. The predicted octanol–water partition coefficient (Wildman–Crippen LogP) is 4.13. The Labute approximate surface area is 140 Å². The summed E-state index contributed by atoms with van der Waals surface area (Å²) in [4.78, 5) is 6.67. The van der Waals surface area contributed by atoms with Crippen molar-refractivity contribution in [1.82, 2.24) is 10.2 Å². The Morgan fingerprint density at radius 3 is 2.50 bits per heavy atom. The second kappa shape index (κ2) is 6.59. The van der Waals surface area contributed by atoms with Crippen LogP contribution in [0.4, 0.5) is 0 Å². The molecule has 0 saturated heterocycles. The minimum atomic E-state index is 0.238. The Morgan fingerprint density at radius 2 is 1.82 bits per heavy atom. The minimum Gasteiger partial charge on any atom is -0.348 e. The number of hydrogen-bond acceptors (Lipinski definition) is 3. The zero-order valence-corrected chi connectivity index (χ0v) is 13.8. The Balaban J connectivity index is 1.65. The molecule has 3 rings (SSSR count). The van der Waals surface area contributed by atoms with E-state index in [4.69, 9.17) is 23.2 Å². The van der Waals surface area contributed by atoms with E-state index in [1.54, 1.807) is 6.07 Å². The van der Waals surface area contributed by atoms with E-state index < -0.39 is 0 Å². The molecule has 0 saturated carbocycles. The summed E-state index contributed by atoms with van der Waals surface area (Å²) in [6.45, 7) is 1.45. The molecule has 0 aliphatic carbocycles. The van der Waals surface area contributed by atoms with Crippen molar-refractivity contribution in [2.45, 2.75) is 12.6 Å². The fourth-order valence-corrected chi connectivity index (χ4v) is 3.15. The number of aliphatic imine (C=N–C) groups is 1. The first-order valence-electron chi connectivity index (χ1n) is 7.14. The van der Waals surface area contributed by atoms with Crippen molar-refractivity contribution in [2.24, 2.45) is 4.99 Å². The Morgan fingerprint density at radius 1 is 1.14 bits per heavy atom. The van der Waals surface area contributed by atoms with Gasteiger partial charge in [0.05, 0.1) is 12.6 Å². The number of benzene rings is 2. The van der Waals surface area contributed by atoms with Crippen LogP contribution in [0.15, 0.2) is 53.5 Å². The molecule has 2 aromatic rings. The van der Waals surface area contributed by atoms with E-state index >= 15 is 0 Å². The molecule has 3 nitrogen and oxygen atoms in total. The Hall–Kier alpha value is -1.71. The van der Waals surface area contributed by atoms with Gasteiger partial charge in [-0.25, -0.2) is 0 Å². The fourth-order valence-electron chi connectivity index (χ4n) is 2.58. The van der Waals surface area contributed by atoms with E-state index in [9.17, 15) is 0 Å². The van der Waals surface area contributed by atoms with Gasteiger partial charge in [-0.05, 0) is 29.3 Å². The first-order chi connectivity index (χ1) is 10.6. The highest BCUT2D eigenvalue weighted by Gasteiger charge is 2.21. The molecule has 0 amide bonds. The van der Waals surface area contributed by atoms with Crippen LogP contribution >= 0.6 is 23.2 Å². The predicted molar refractivity (Wildman–Crippen MR) is 92.5 cm³/mol. The van der Waals surface area contributed by atoms with E-state index in [0.29, 0.717) is 16.6 Å². The third-order valence-electron chi connectivity index (χ3n) is 3.63. The molecule has 1 N–H and O–H groups in total. The van der Waals surface area contributed by atoms with Crippen molar-refractivity contribution < 1.29 is 0 Å². The van der Waals surface area contributed by atoms with Gasteiger partial charge >= 0.3 is 0 Å². The quantitative estimate of drug-likeness (QED) is 0.914. The lowest BCUT2D eigenvalue weighted by molar-refractivity contribution is 0.480. The standard InChI is InChI=1S/C17H17Cl2N3/c1-22(11-12-7-14(18)9-15(19)8-12)17-20-10-16(21-17)13-5-3-2-4-6-13/h2-9,16H,10-11H2,1H3,(H,20,21). The zero-order valence-electron chi connectivity index (χ0n) is 12.3. The van der Waals surface area contributed by atoms with Gasteiger partial charge < -0.3 is 10.2 Å². The van der Waals surface area contributed by atoms with Gasteiger partial charge in [0.25, 0.3) is 0 Å². The van der Waals surface area contributed by atoms with Gasteiger partial charge in [0, 0.05) is 23.6 Å². The van der Waals surface area contributed by atoms with Crippen LogP contribution in [0.2, 0.25) is 10.0 Å². The Kier molecular flexibility index (Phi) is 4.55. The van der Waals surface area contributed by atoms with Crippen molar-refractivity contribution >= 4 is 29.2 Å². The highest BCUT2D eigenvalue weighted by molar-refractivity contribution is 6.34. The summed E-state index contributed by atoms with van der Waals surface area (Å²) in [5, 5.41) is 4.77. The van der Waals surface area contributed by atoms with Crippen LogP contribution in [-0.4, -0.2) is 24.5 Å². The third kappa shape index (κ3) is 3.54. The third-order valence-corrected chi connectivity index (χ3v) is 4.07. The number of halogens is 2. The maximum absolute atomic E-state index is 6.05. The van der Waals surface area contributed by atoms with E-state index in [1.807, 2.05) is 37.4 Å². The number of nitrogens with zero attached hydrogens (tertiary/aromatic N) is 2. The maximum atomic E-state index is 6.05. The van der Waals surface area contributed by atoms with Crippen LogP contribution in [0.25, 0.3) is 0 Å². The zero-order chi connectivity index (χ0) is 15.5. The second-order valence-corrected chi connectivity index (χ2v) is 6.28. The van der Waals surface area contributed by atoms with Crippen LogP contribution in [0, 0.1) is 0 Å². The molecule has 5 heteroatoms. The lowest BCUT2D eigenvalue weighted by Crippen LogP contribution is -2.36. The molecule has 2 aromatic carbocycles. The van der Waals surface area contributed by atoms with E-state index in [2.05, 4.69) is 27.3 Å². The molecule has 1 aliphatic rings. The van der Waals surface area contributed by atoms with E-state index in [0.717, 1.165) is 18.1 Å². The van der Waals surface area contributed by atoms with E-state index in [-0.39, 0.29) is 6.04 Å². The summed E-state index contributed by atoms with van der Waals surface area (Å²) in [6.07, 6.45) is 0. The molecule has 0 bridgehead atoms. The van der Waals surface area contributed by atoms with Gasteiger partial charge in [-0.15, -0.1) is 0 Å². The Bertz CT molecular complexity index is 665. The summed E-state index contributed by atoms with van der Waals surface area (Å²) < 4.78 is 0. The fraction of sp³-hybridized carbons (Fsp3) is 0.235. The van der Waals surface area contributed by atoms with Gasteiger partial charge in [-0.3, -0.25) is 4.99 Å². The van der Waals surface area contributed by atoms with Crippen LogP contribution < -0.4 is 5.32 Å². The molecule has 0 radical (unpaired) electrons. The van der Waals surface area contributed by atoms with Crippen molar-refractivity contribution in [3.8, 4) is 0 Å². The maximum Gasteiger partial charge on any atom is 0.194 e. The van der Waals surface area contributed by atoms with Crippen molar-refractivity contribution in [2.75, 3.05) is 13.6 Å². The number of rotatable bonds is 3. The summed E-state index contributed by atoms with van der Waals surface area (Å²) >= 11 is 12.1. The molecule has 0 aromatic heterocycles. The van der Waals surface area contributed by atoms with E-state index in [1.165, 1.54) is 5.56 Å². The van der Waals surface area contributed by atoms with Gasteiger partial charge in [0.2, 0.25) is 0 Å². The lowest BCUT2D eigenvalue weighted by atomic mass is 10.1. The topological polar surface area (TPSA) is 27.6 Å².